The first-order chi connectivity index (χ1) is 7.06. The largest absolute Gasteiger partial charge is 0.396 e. The molecule has 0 spiro atoms. The Morgan fingerprint density at radius 1 is 1.53 bits per heavy atom. The number of para-hydroxylation sites is 1. The highest BCUT2D eigenvalue weighted by Crippen LogP contribution is 2.27. The van der Waals surface area contributed by atoms with E-state index in [0.717, 1.165) is 0 Å². The lowest BCUT2D eigenvalue weighted by Gasteiger charge is -2.12. The minimum Gasteiger partial charge on any atom is -0.396 e. The van der Waals surface area contributed by atoms with Crippen molar-refractivity contribution >= 4 is 40.2 Å². The highest BCUT2D eigenvalue weighted by Gasteiger charge is 2.05. The number of anilines is 2. The molecule has 0 saturated carbocycles. The Hall–Kier alpha value is -1.26. The van der Waals surface area contributed by atoms with Crippen LogP contribution in [0.1, 0.15) is 6.92 Å². The minimum atomic E-state index is 0.289. The predicted octanol–water partition coefficient (Wildman–Crippen LogP) is 2.52. The molecule has 0 radical (unpaired) electrons. The summed E-state index contributed by atoms with van der Waals surface area (Å²) in [6.07, 6.45) is 1.78. The van der Waals surface area contributed by atoms with Gasteiger partial charge in [-0.3, -0.25) is 0 Å². The number of hydrogen-bond acceptors (Lipinski definition) is 3. The number of benzene rings is 1. The maximum Gasteiger partial charge on any atom is 0.120 e. The fourth-order valence-electron chi connectivity index (χ4n) is 1.07. The van der Waals surface area contributed by atoms with Crippen LogP contribution in [-0.2, 0) is 0 Å². The first-order valence-corrected chi connectivity index (χ1v) is 5.12. The molecule has 0 fully saturated rings. The van der Waals surface area contributed by atoms with Gasteiger partial charge in [0.2, 0.25) is 0 Å². The van der Waals surface area contributed by atoms with Crippen LogP contribution in [-0.4, -0.2) is 4.99 Å². The zero-order valence-electron chi connectivity index (χ0n) is 8.25. The number of nitrogens with one attached hydrogen (secondary N) is 1. The lowest BCUT2D eigenvalue weighted by atomic mass is 10.2. The second-order valence-corrected chi connectivity index (χ2v) is 3.74. The van der Waals surface area contributed by atoms with Crippen molar-refractivity contribution in [1.82, 2.24) is 0 Å². The van der Waals surface area contributed by atoms with Crippen LogP contribution in [0.15, 0.2) is 30.0 Å². The Balaban J connectivity index is 2.99. The van der Waals surface area contributed by atoms with E-state index in [1.54, 1.807) is 18.2 Å². The molecular weight excluding hydrogens is 230 g/mol. The molecule has 0 aliphatic rings. The SMILES string of the molecule is C/C=C(\Nc1cccc(Cl)c1N)C(N)=S. The van der Waals surface area contributed by atoms with Gasteiger partial charge in [0.15, 0.2) is 0 Å². The molecule has 3 nitrogen and oxygen atoms in total. The summed E-state index contributed by atoms with van der Waals surface area (Å²) >= 11 is 10.7. The molecule has 0 aliphatic heterocycles. The molecule has 15 heavy (non-hydrogen) atoms. The Morgan fingerprint density at radius 3 is 2.73 bits per heavy atom. The van der Waals surface area contributed by atoms with Gasteiger partial charge in [-0.2, -0.15) is 0 Å². The van der Waals surface area contributed by atoms with Crippen molar-refractivity contribution < 1.29 is 0 Å². The average Bonchev–Trinajstić information content (AvgIpc) is 2.19. The number of rotatable bonds is 3. The normalized spacial score (nSPS) is 11.2. The van der Waals surface area contributed by atoms with Crippen LogP contribution in [0.5, 0.6) is 0 Å². The lowest BCUT2D eigenvalue weighted by Crippen LogP contribution is -2.18. The zero-order chi connectivity index (χ0) is 11.4. The van der Waals surface area contributed by atoms with Crippen LogP contribution in [0, 0.1) is 0 Å². The Kier molecular flexibility index (Phi) is 3.94. The van der Waals surface area contributed by atoms with E-state index in [2.05, 4.69) is 5.32 Å². The van der Waals surface area contributed by atoms with Gasteiger partial charge < -0.3 is 16.8 Å². The van der Waals surface area contributed by atoms with Gasteiger partial charge in [-0.05, 0) is 19.1 Å². The standard InChI is InChI=1S/C10H12ClN3S/c1-2-7(10(13)15)14-8-5-3-4-6(11)9(8)12/h2-5,14H,12H2,1H3,(H2,13,15)/b7-2-. The molecule has 0 aromatic heterocycles. The third-order valence-electron chi connectivity index (χ3n) is 1.88. The average molecular weight is 242 g/mol. The smallest absolute Gasteiger partial charge is 0.120 e. The lowest BCUT2D eigenvalue weighted by molar-refractivity contribution is 1.47. The number of halogens is 1. The summed E-state index contributed by atoms with van der Waals surface area (Å²) in [5, 5.41) is 3.52. The second kappa shape index (κ2) is 5.00. The van der Waals surface area contributed by atoms with E-state index < -0.39 is 0 Å². The second-order valence-electron chi connectivity index (χ2n) is 2.89. The minimum absolute atomic E-state index is 0.289. The van der Waals surface area contributed by atoms with Crippen molar-refractivity contribution in [2.24, 2.45) is 5.73 Å². The van der Waals surface area contributed by atoms with Crippen LogP contribution in [0.2, 0.25) is 5.02 Å². The number of thiocarbonyl (C=S) groups is 1. The summed E-state index contributed by atoms with van der Waals surface area (Å²) in [5.41, 5.74) is 13.1. The molecule has 0 bridgehead atoms. The van der Waals surface area contributed by atoms with Crippen LogP contribution in [0.3, 0.4) is 0 Å². The van der Waals surface area contributed by atoms with Gasteiger partial charge in [0.1, 0.15) is 4.99 Å². The molecular formula is C10H12ClN3S. The molecule has 0 saturated heterocycles. The summed E-state index contributed by atoms with van der Waals surface area (Å²) < 4.78 is 0. The van der Waals surface area contributed by atoms with Gasteiger partial charge in [0, 0.05) is 0 Å². The Morgan fingerprint density at radius 2 is 2.20 bits per heavy atom. The monoisotopic (exact) mass is 241 g/mol. The van der Waals surface area contributed by atoms with Crippen LogP contribution < -0.4 is 16.8 Å². The molecule has 0 unspecified atom stereocenters. The van der Waals surface area contributed by atoms with Crippen LogP contribution in [0.4, 0.5) is 11.4 Å². The molecule has 0 aliphatic carbocycles. The first kappa shape index (κ1) is 11.8. The zero-order valence-corrected chi connectivity index (χ0v) is 9.82. The number of hydrogen-bond donors (Lipinski definition) is 3. The van der Waals surface area contributed by atoms with E-state index >= 15 is 0 Å². The third-order valence-corrected chi connectivity index (χ3v) is 2.43. The van der Waals surface area contributed by atoms with Crippen molar-refractivity contribution in [2.75, 3.05) is 11.1 Å². The van der Waals surface area contributed by atoms with Crippen molar-refractivity contribution in [1.29, 1.82) is 0 Å². The molecule has 0 atom stereocenters. The molecule has 5 heteroatoms. The van der Waals surface area contributed by atoms with Gasteiger partial charge in [-0.1, -0.05) is 36.0 Å². The van der Waals surface area contributed by atoms with Gasteiger partial charge >= 0.3 is 0 Å². The van der Waals surface area contributed by atoms with E-state index in [1.807, 2.05) is 13.0 Å². The topological polar surface area (TPSA) is 64.1 Å². The van der Waals surface area contributed by atoms with E-state index in [4.69, 9.17) is 35.3 Å². The maximum atomic E-state index is 5.87. The van der Waals surface area contributed by atoms with Gasteiger partial charge in [-0.15, -0.1) is 0 Å². The number of nitrogen functional groups attached to an aromatic ring is 1. The van der Waals surface area contributed by atoms with Crippen molar-refractivity contribution in [3.05, 3.63) is 35.0 Å². The van der Waals surface area contributed by atoms with E-state index in [1.165, 1.54) is 0 Å². The first-order valence-electron chi connectivity index (χ1n) is 4.33. The maximum absolute atomic E-state index is 5.87. The van der Waals surface area contributed by atoms with Gasteiger partial charge in [-0.25, -0.2) is 0 Å². The third kappa shape index (κ3) is 2.84. The van der Waals surface area contributed by atoms with Gasteiger partial charge in [0.25, 0.3) is 0 Å². The quantitative estimate of drug-likeness (QED) is 0.432. The summed E-state index contributed by atoms with van der Waals surface area (Å²) in [6, 6.07) is 5.33. The Bertz CT molecular complexity index is 415. The number of nitrogens with two attached hydrogens (primary N) is 2. The highest BCUT2D eigenvalue weighted by atomic mass is 35.5. The summed E-state index contributed by atoms with van der Waals surface area (Å²) in [5.74, 6) is 0. The summed E-state index contributed by atoms with van der Waals surface area (Å²) in [7, 11) is 0. The molecule has 1 rings (SSSR count). The Labute approximate surface area is 99.1 Å². The highest BCUT2D eigenvalue weighted by molar-refractivity contribution is 7.80. The molecule has 0 amide bonds. The van der Waals surface area contributed by atoms with Crippen molar-refractivity contribution in [2.45, 2.75) is 6.92 Å². The summed E-state index contributed by atoms with van der Waals surface area (Å²) in [4.78, 5) is 0.289. The fraction of sp³-hybridized carbons (Fsp3) is 0.100. The number of allylic oxidation sites excluding steroid dienone is 1. The van der Waals surface area contributed by atoms with E-state index in [9.17, 15) is 0 Å². The molecule has 0 heterocycles. The van der Waals surface area contributed by atoms with Crippen LogP contribution in [0.25, 0.3) is 0 Å². The molecule has 1 aromatic carbocycles. The van der Waals surface area contributed by atoms with Crippen LogP contribution >= 0.6 is 23.8 Å². The van der Waals surface area contributed by atoms with E-state index in [0.29, 0.717) is 22.1 Å². The van der Waals surface area contributed by atoms with Crippen molar-refractivity contribution in [3.8, 4) is 0 Å². The van der Waals surface area contributed by atoms with Gasteiger partial charge in [0.05, 0.1) is 22.1 Å². The predicted molar refractivity (Wildman–Crippen MR) is 70.0 cm³/mol. The van der Waals surface area contributed by atoms with E-state index in [-0.39, 0.29) is 4.99 Å². The van der Waals surface area contributed by atoms with Crippen molar-refractivity contribution in [3.63, 3.8) is 0 Å². The molecule has 80 valence electrons. The molecule has 5 N–H and O–H groups in total. The summed E-state index contributed by atoms with van der Waals surface area (Å²) in [6.45, 7) is 1.84. The molecule has 1 aromatic rings. The fourth-order valence-corrected chi connectivity index (χ4v) is 1.41.